The molecule has 1 aromatic carbocycles. The van der Waals surface area contributed by atoms with Gasteiger partial charge in [-0.25, -0.2) is 4.79 Å². The van der Waals surface area contributed by atoms with Crippen molar-refractivity contribution >= 4 is 33.6 Å². The van der Waals surface area contributed by atoms with Gasteiger partial charge in [0.15, 0.2) is 0 Å². The zero-order chi connectivity index (χ0) is 14.6. The topological polar surface area (TPSA) is 38.3 Å². The Kier molecular flexibility index (Phi) is 4.45. The molecule has 0 fully saturated rings. The lowest BCUT2D eigenvalue weighted by Crippen LogP contribution is -2.32. The molecule has 106 valence electrons. The van der Waals surface area contributed by atoms with Crippen molar-refractivity contribution in [2.45, 2.75) is 26.4 Å². The van der Waals surface area contributed by atoms with Crippen LogP contribution in [-0.2, 0) is 4.74 Å². The minimum Gasteiger partial charge on any atom is -0.444 e. The minimum atomic E-state index is -0.459. The van der Waals surface area contributed by atoms with E-state index in [-0.39, 0.29) is 0 Å². The number of hydrogen-bond donors (Lipinski definition) is 1. The second-order valence-electron chi connectivity index (χ2n) is 5.47. The molecular weight excluding hydrogens is 270 g/mol. The van der Waals surface area contributed by atoms with Gasteiger partial charge in [-0.15, -0.1) is 11.3 Å². The molecule has 20 heavy (non-hydrogen) atoms. The Labute approximate surface area is 123 Å². The molecule has 0 bridgehead atoms. The quantitative estimate of drug-likeness (QED) is 0.907. The summed E-state index contributed by atoms with van der Waals surface area (Å²) in [5.41, 5.74) is -0.459. The SMILES string of the molecule is CC(C)(C)OC(=O)NCC=Cc1cc2ccccc2s1. The molecule has 0 aliphatic heterocycles. The smallest absolute Gasteiger partial charge is 0.407 e. The molecule has 2 aromatic rings. The summed E-state index contributed by atoms with van der Waals surface area (Å²) in [6.07, 6.45) is 3.55. The number of carbonyl (C=O) groups is 1. The van der Waals surface area contributed by atoms with Gasteiger partial charge in [-0.1, -0.05) is 24.3 Å². The van der Waals surface area contributed by atoms with Gasteiger partial charge in [0.25, 0.3) is 0 Å². The van der Waals surface area contributed by atoms with Gasteiger partial charge < -0.3 is 10.1 Å². The lowest BCUT2D eigenvalue weighted by molar-refractivity contribution is 0.0534. The van der Waals surface area contributed by atoms with Gasteiger partial charge >= 0.3 is 6.09 Å². The maximum absolute atomic E-state index is 11.4. The van der Waals surface area contributed by atoms with E-state index in [4.69, 9.17) is 4.74 Å². The van der Waals surface area contributed by atoms with Crippen LogP contribution < -0.4 is 5.32 Å². The van der Waals surface area contributed by atoms with Crippen molar-refractivity contribution in [2.24, 2.45) is 0 Å². The number of thiophene rings is 1. The largest absolute Gasteiger partial charge is 0.444 e. The normalized spacial score (nSPS) is 11.9. The van der Waals surface area contributed by atoms with Gasteiger partial charge in [-0.05, 0) is 44.4 Å². The van der Waals surface area contributed by atoms with Crippen molar-refractivity contribution in [2.75, 3.05) is 6.54 Å². The van der Waals surface area contributed by atoms with Gasteiger partial charge in [-0.2, -0.15) is 0 Å². The Morgan fingerprint density at radius 1 is 1.35 bits per heavy atom. The zero-order valence-electron chi connectivity index (χ0n) is 12.0. The van der Waals surface area contributed by atoms with E-state index >= 15 is 0 Å². The Bertz CT molecular complexity index is 590. The maximum atomic E-state index is 11.4. The van der Waals surface area contributed by atoms with E-state index in [0.717, 1.165) is 0 Å². The summed E-state index contributed by atoms with van der Waals surface area (Å²) >= 11 is 1.74. The first-order valence-corrected chi connectivity index (χ1v) is 7.38. The van der Waals surface area contributed by atoms with Crippen LogP contribution in [-0.4, -0.2) is 18.2 Å². The van der Waals surface area contributed by atoms with E-state index in [1.807, 2.05) is 45.1 Å². The second-order valence-corrected chi connectivity index (χ2v) is 6.59. The molecule has 1 aromatic heterocycles. The predicted octanol–water partition coefficient (Wildman–Crippen LogP) is 4.44. The van der Waals surface area contributed by atoms with E-state index in [0.29, 0.717) is 6.54 Å². The highest BCUT2D eigenvalue weighted by molar-refractivity contribution is 7.19. The minimum absolute atomic E-state index is 0.390. The van der Waals surface area contributed by atoms with Crippen LogP contribution in [0, 0.1) is 0 Å². The van der Waals surface area contributed by atoms with Crippen LogP contribution in [0.3, 0.4) is 0 Å². The average Bonchev–Trinajstić information content (AvgIpc) is 2.75. The summed E-state index contributed by atoms with van der Waals surface area (Å²) in [5, 5.41) is 3.95. The van der Waals surface area contributed by atoms with E-state index in [2.05, 4.69) is 23.5 Å². The predicted molar refractivity (Wildman–Crippen MR) is 85.1 cm³/mol. The molecule has 0 aliphatic carbocycles. The van der Waals surface area contributed by atoms with Crippen molar-refractivity contribution < 1.29 is 9.53 Å². The number of benzene rings is 1. The molecule has 1 heterocycles. The second kappa shape index (κ2) is 6.09. The van der Waals surface area contributed by atoms with Crippen LogP contribution in [0.1, 0.15) is 25.6 Å². The van der Waals surface area contributed by atoms with Gasteiger partial charge in [-0.3, -0.25) is 0 Å². The molecule has 0 spiro atoms. The fraction of sp³-hybridized carbons (Fsp3) is 0.312. The number of amides is 1. The molecule has 0 unspecified atom stereocenters. The number of fused-ring (bicyclic) bond motifs is 1. The molecule has 1 amide bonds. The number of rotatable bonds is 3. The summed E-state index contributed by atoms with van der Waals surface area (Å²) in [6, 6.07) is 10.4. The fourth-order valence-electron chi connectivity index (χ4n) is 1.72. The van der Waals surface area contributed by atoms with Crippen molar-refractivity contribution in [3.05, 3.63) is 41.3 Å². The first kappa shape index (κ1) is 14.6. The standard InChI is InChI=1S/C16H19NO2S/c1-16(2,3)19-15(18)17-10-6-8-13-11-12-7-4-5-9-14(12)20-13/h4-9,11H,10H2,1-3H3,(H,17,18). The summed E-state index contributed by atoms with van der Waals surface area (Å²) < 4.78 is 6.43. The number of hydrogen-bond acceptors (Lipinski definition) is 3. The number of ether oxygens (including phenoxy) is 1. The van der Waals surface area contributed by atoms with Crippen molar-refractivity contribution in [3.63, 3.8) is 0 Å². The van der Waals surface area contributed by atoms with Gasteiger partial charge in [0.1, 0.15) is 5.60 Å². The Balaban J connectivity index is 1.86. The highest BCUT2D eigenvalue weighted by Crippen LogP contribution is 2.25. The summed E-state index contributed by atoms with van der Waals surface area (Å²) in [7, 11) is 0. The van der Waals surface area contributed by atoms with Crippen LogP contribution in [0.15, 0.2) is 36.4 Å². The van der Waals surface area contributed by atoms with Crippen LogP contribution in [0.5, 0.6) is 0 Å². The van der Waals surface area contributed by atoms with Gasteiger partial charge in [0, 0.05) is 16.1 Å². The van der Waals surface area contributed by atoms with Gasteiger partial charge in [0.2, 0.25) is 0 Å². The molecule has 0 saturated heterocycles. The fourth-order valence-corrected chi connectivity index (χ4v) is 2.71. The maximum Gasteiger partial charge on any atom is 0.407 e. The van der Waals surface area contributed by atoms with Crippen LogP contribution in [0.2, 0.25) is 0 Å². The lowest BCUT2D eigenvalue weighted by Gasteiger charge is -2.19. The van der Waals surface area contributed by atoms with E-state index in [9.17, 15) is 4.79 Å². The van der Waals surface area contributed by atoms with Crippen molar-refractivity contribution in [1.82, 2.24) is 5.32 Å². The zero-order valence-corrected chi connectivity index (χ0v) is 12.8. The molecule has 0 saturated carbocycles. The highest BCUT2D eigenvalue weighted by Gasteiger charge is 2.14. The lowest BCUT2D eigenvalue weighted by atomic mass is 10.2. The first-order chi connectivity index (χ1) is 9.44. The third-order valence-corrected chi connectivity index (χ3v) is 3.57. The highest BCUT2D eigenvalue weighted by atomic mass is 32.1. The molecule has 3 nitrogen and oxygen atoms in total. The molecule has 0 radical (unpaired) electrons. The van der Waals surface area contributed by atoms with Crippen molar-refractivity contribution in [3.8, 4) is 0 Å². The van der Waals surface area contributed by atoms with E-state index < -0.39 is 11.7 Å². The van der Waals surface area contributed by atoms with Crippen LogP contribution >= 0.6 is 11.3 Å². The molecule has 2 rings (SSSR count). The molecular formula is C16H19NO2S. The molecule has 4 heteroatoms. The Hall–Kier alpha value is -1.81. The monoisotopic (exact) mass is 289 g/mol. The average molecular weight is 289 g/mol. The Morgan fingerprint density at radius 3 is 2.80 bits per heavy atom. The summed E-state index contributed by atoms with van der Waals surface area (Å²) in [5.74, 6) is 0. The van der Waals surface area contributed by atoms with E-state index in [1.54, 1.807) is 11.3 Å². The third-order valence-electron chi connectivity index (χ3n) is 2.49. The number of alkyl carbamates (subject to hydrolysis) is 1. The first-order valence-electron chi connectivity index (χ1n) is 6.56. The van der Waals surface area contributed by atoms with Crippen LogP contribution in [0.4, 0.5) is 4.79 Å². The number of carbonyl (C=O) groups excluding carboxylic acids is 1. The molecule has 0 aliphatic rings. The van der Waals surface area contributed by atoms with E-state index in [1.165, 1.54) is 15.0 Å². The Morgan fingerprint density at radius 2 is 2.10 bits per heavy atom. The summed E-state index contributed by atoms with van der Waals surface area (Å²) in [6.45, 7) is 6.00. The van der Waals surface area contributed by atoms with Crippen molar-refractivity contribution in [1.29, 1.82) is 0 Å². The van der Waals surface area contributed by atoms with Gasteiger partial charge in [0.05, 0.1) is 0 Å². The third kappa shape index (κ3) is 4.38. The van der Waals surface area contributed by atoms with Crippen LogP contribution in [0.25, 0.3) is 16.2 Å². The summed E-state index contributed by atoms with van der Waals surface area (Å²) in [4.78, 5) is 12.6. The molecule has 1 N–H and O–H groups in total. The number of nitrogens with one attached hydrogen (secondary N) is 1. The molecule has 0 atom stereocenters.